The Balaban J connectivity index is 2.20. The van der Waals surface area contributed by atoms with Gasteiger partial charge in [-0.3, -0.25) is 0 Å². The summed E-state index contributed by atoms with van der Waals surface area (Å²) in [6.45, 7) is 0.390. The maximum Gasteiger partial charge on any atom is 0.149 e. The van der Waals surface area contributed by atoms with Crippen molar-refractivity contribution in [3.05, 3.63) is 30.3 Å². The molecule has 0 amide bonds. The summed E-state index contributed by atoms with van der Waals surface area (Å²) in [5.41, 5.74) is 0. The van der Waals surface area contributed by atoms with Crippen LogP contribution in [-0.2, 0) is 0 Å². The van der Waals surface area contributed by atoms with Gasteiger partial charge < -0.3 is 4.74 Å². The van der Waals surface area contributed by atoms with E-state index in [2.05, 4.69) is 29.6 Å². The Labute approximate surface area is 96.8 Å². The van der Waals surface area contributed by atoms with Gasteiger partial charge in [-0.2, -0.15) is 0 Å². The molecule has 0 N–H and O–H groups in total. The minimum Gasteiger partial charge on any atom is -0.481 e. The molecule has 1 nitrogen and oxygen atoms in total. The Morgan fingerprint density at radius 1 is 0.938 bits per heavy atom. The predicted molar refractivity (Wildman–Crippen MR) is 65.6 cm³/mol. The van der Waals surface area contributed by atoms with E-state index < -0.39 is 0 Å². The van der Waals surface area contributed by atoms with Crippen molar-refractivity contribution in [3.63, 3.8) is 0 Å². The molecule has 0 saturated carbocycles. The molecular weight excluding hydrogens is 196 g/mol. The first kappa shape index (κ1) is 11.8. The molecule has 0 aromatic heterocycles. The van der Waals surface area contributed by atoms with Gasteiger partial charge in [0.2, 0.25) is 0 Å². The van der Waals surface area contributed by atoms with Crippen LogP contribution in [0.3, 0.4) is 0 Å². The van der Waals surface area contributed by atoms with Gasteiger partial charge in [-0.05, 0) is 12.1 Å². The number of hydrogen-bond acceptors (Lipinski definition) is 1. The largest absolute Gasteiger partial charge is 0.481 e. The zero-order chi connectivity index (χ0) is 11.5. The highest BCUT2D eigenvalue weighted by molar-refractivity contribution is 5.22. The third-order valence-corrected chi connectivity index (χ3v) is 1.67. The summed E-state index contributed by atoms with van der Waals surface area (Å²) in [6.07, 6.45) is 6.08. The molecule has 1 rings (SSSR count). The Kier molecular flexibility index (Phi) is 5.92. The minimum absolute atomic E-state index is 0.390. The number of rotatable bonds is 2. The zero-order valence-corrected chi connectivity index (χ0v) is 8.99. The number of benzene rings is 1. The maximum atomic E-state index is 5.38. The molecule has 0 unspecified atom stereocenters. The molecule has 0 fully saturated rings. The fourth-order valence-corrected chi connectivity index (χ4v) is 0.970. The third kappa shape index (κ3) is 5.43. The molecule has 0 atom stereocenters. The molecule has 0 aliphatic carbocycles. The first-order chi connectivity index (χ1) is 7.93. The molecule has 0 aliphatic heterocycles. The van der Waals surface area contributed by atoms with Crippen LogP contribution in [-0.4, -0.2) is 6.61 Å². The van der Waals surface area contributed by atoms with Crippen molar-refractivity contribution in [1.29, 1.82) is 0 Å². The summed E-state index contributed by atoms with van der Waals surface area (Å²) in [4.78, 5) is 0. The predicted octanol–water partition coefficient (Wildman–Crippen LogP) is 2.49. The van der Waals surface area contributed by atoms with Crippen LogP contribution < -0.4 is 4.74 Å². The summed E-state index contributed by atoms with van der Waals surface area (Å²) in [6, 6.07) is 9.59. The van der Waals surface area contributed by atoms with Gasteiger partial charge >= 0.3 is 0 Å². The smallest absolute Gasteiger partial charge is 0.149 e. The van der Waals surface area contributed by atoms with Crippen LogP contribution in [0.5, 0.6) is 5.75 Å². The van der Waals surface area contributed by atoms with Gasteiger partial charge in [-0.25, -0.2) is 0 Å². The zero-order valence-electron chi connectivity index (χ0n) is 8.99. The monoisotopic (exact) mass is 208 g/mol. The van der Waals surface area contributed by atoms with Crippen LogP contribution in [0.1, 0.15) is 12.8 Å². The lowest BCUT2D eigenvalue weighted by Crippen LogP contribution is -1.92. The molecule has 0 radical (unpaired) electrons. The van der Waals surface area contributed by atoms with Crippen LogP contribution in [0.4, 0.5) is 0 Å². The quantitative estimate of drug-likeness (QED) is 0.678. The fourth-order valence-electron chi connectivity index (χ4n) is 0.970. The van der Waals surface area contributed by atoms with E-state index in [1.165, 1.54) is 0 Å². The van der Waals surface area contributed by atoms with Crippen LogP contribution in [0.2, 0.25) is 0 Å². The highest BCUT2D eigenvalue weighted by Crippen LogP contribution is 2.07. The van der Waals surface area contributed by atoms with E-state index in [1.54, 1.807) is 0 Å². The van der Waals surface area contributed by atoms with Crippen LogP contribution in [0.25, 0.3) is 0 Å². The topological polar surface area (TPSA) is 9.23 Å². The van der Waals surface area contributed by atoms with Crippen LogP contribution in [0, 0.1) is 36.0 Å². The Hall–Kier alpha value is -2.30. The van der Waals surface area contributed by atoms with Gasteiger partial charge in [0.05, 0.1) is 12.8 Å². The molecule has 0 spiro atoms. The molecule has 0 bridgehead atoms. The van der Waals surface area contributed by atoms with Gasteiger partial charge in [0, 0.05) is 0 Å². The van der Waals surface area contributed by atoms with Crippen molar-refractivity contribution >= 4 is 0 Å². The highest BCUT2D eigenvalue weighted by Gasteiger charge is 1.86. The standard InChI is InChI=1S/C15H12O/c1-2-3-4-5-6-7-11-14-16-15-12-9-8-10-13-15/h1,8-10,12-13H,3,6,14H2. The highest BCUT2D eigenvalue weighted by atomic mass is 16.5. The average molecular weight is 208 g/mol. The van der Waals surface area contributed by atoms with E-state index in [-0.39, 0.29) is 0 Å². The number of hydrogen-bond donors (Lipinski definition) is 0. The van der Waals surface area contributed by atoms with Gasteiger partial charge in [0.25, 0.3) is 0 Å². The summed E-state index contributed by atoms with van der Waals surface area (Å²) in [7, 11) is 0. The van der Waals surface area contributed by atoms with Crippen molar-refractivity contribution in [2.75, 3.05) is 6.61 Å². The first-order valence-corrected chi connectivity index (χ1v) is 4.96. The van der Waals surface area contributed by atoms with E-state index in [9.17, 15) is 0 Å². The summed E-state index contributed by atoms with van der Waals surface area (Å²) in [5.74, 6) is 14.7. The molecule has 1 aromatic rings. The van der Waals surface area contributed by atoms with E-state index in [0.29, 0.717) is 19.4 Å². The van der Waals surface area contributed by atoms with Crippen molar-refractivity contribution in [2.45, 2.75) is 12.8 Å². The van der Waals surface area contributed by atoms with E-state index in [4.69, 9.17) is 11.2 Å². The SMILES string of the molecule is C#CCC#CCC#CCOc1ccccc1. The summed E-state index contributed by atoms with van der Waals surface area (Å²) < 4.78 is 5.38. The Morgan fingerprint density at radius 3 is 2.38 bits per heavy atom. The van der Waals surface area contributed by atoms with Gasteiger partial charge in [-0.15, -0.1) is 6.42 Å². The van der Waals surface area contributed by atoms with E-state index in [0.717, 1.165) is 5.75 Å². The second-order valence-electron chi connectivity index (χ2n) is 2.87. The molecule has 78 valence electrons. The Bertz CT molecular complexity index is 457. The van der Waals surface area contributed by atoms with Crippen LogP contribution in [0.15, 0.2) is 30.3 Å². The average Bonchev–Trinajstić information content (AvgIpc) is 2.34. The minimum atomic E-state index is 0.390. The van der Waals surface area contributed by atoms with Crippen molar-refractivity contribution in [1.82, 2.24) is 0 Å². The fraction of sp³-hybridized carbons (Fsp3) is 0.200. The summed E-state index contributed by atoms with van der Waals surface area (Å²) >= 11 is 0. The van der Waals surface area contributed by atoms with Crippen molar-refractivity contribution < 1.29 is 4.74 Å². The summed E-state index contributed by atoms with van der Waals surface area (Å²) in [5, 5.41) is 0. The van der Waals surface area contributed by atoms with Crippen molar-refractivity contribution in [2.24, 2.45) is 0 Å². The second kappa shape index (κ2) is 8.05. The number of para-hydroxylation sites is 1. The Morgan fingerprint density at radius 2 is 1.62 bits per heavy atom. The molecule has 0 saturated heterocycles. The van der Waals surface area contributed by atoms with Crippen LogP contribution >= 0.6 is 0 Å². The lowest BCUT2D eigenvalue weighted by Gasteiger charge is -1.99. The lowest BCUT2D eigenvalue weighted by atomic mass is 10.3. The number of terminal acetylenes is 1. The molecular formula is C15H12O. The lowest BCUT2D eigenvalue weighted by molar-refractivity contribution is 0.370. The van der Waals surface area contributed by atoms with Gasteiger partial charge in [-0.1, -0.05) is 47.8 Å². The normalized spacial score (nSPS) is 7.69. The maximum absolute atomic E-state index is 5.38. The molecule has 1 heteroatoms. The molecule has 16 heavy (non-hydrogen) atoms. The van der Waals surface area contributed by atoms with Gasteiger partial charge in [0.1, 0.15) is 12.4 Å². The number of ether oxygens (including phenoxy) is 1. The molecule has 0 heterocycles. The second-order valence-corrected chi connectivity index (χ2v) is 2.87. The molecule has 1 aromatic carbocycles. The molecule has 0 aliphatic rings. The third-order valence-electron chi connectivity index (χ3n) is 1.67. The first-order valence-electron chi connectivity index (χ1n) is 4.96. The van der Waals surface area contributed by atoms with Crippen molar-refractivity contribution in [3.8, 4) is 41.8 Å². The van der Waals surface area contributed by atoms with Gasteiger partial charge in [0.15, 0.2) is 0 Å². The van der Waals surface area contributed by atoms with E-state index >= 15 is 0 Å². The van der Waals surface area contributed by atoms with E-state index in [1.807, 2.05) is 30.3 Å².